The van der Waals surface area contributed by atoms with Gasteiger partial charge in [-0.1, -0.05) is 32.0 Å². The largest absolute Gasteiger partial charge is 0.416 e. The Morgan fingerprint density at radius 1 is 1.17 bits per heavy atom. The molecule has 0 saturated carbocycles. The van der Waals surface area contributed by atoms with E-state index < -0.39 is 17.8 Å². The van der Waals surface area contributed by atoms with Crippen LogP contribution in [0.4, 0.5) is 13.2 Å². The normalized spacial score (nSPS) is 13.9. The topological polar surface area (TPSA) is 32.3 Å². The number of rotatable bonds is 5. The van der Waals surface area contributed by atoms with Crippen LogP contribution in [0.15, 0.2) is 24.3 Å². The first-order valence-electron chi connectivity index (χ1n) is 5.87. The molecule has 1 aromatic carbocycles. The van der Waals surface area contributed by atoms with Crippen molar-refractivity contribution in [2.45, 2.75) is 26.1 Å². The van der Waals surface area contributed by atoms with Gasteiger partial charge >= 0.3 is 6.18 Å². The average molecular weight is 261 g/mol. The Labute approximate surface area is 105 Å². The summed E-state index contributed by atoms with van der Waals surface area (Å²) in [5, 5.41) is 12.8. The maximum absolute atomic E-state index is 12.7. The van der Waals surface area contributed by atoms with Crippen LogP contribution in [0.2, 0.25) is 0 Å². The summed E-state index contributed by atoms with van der Waals surface area (Å²) < 4.78 is 38.2. The van der Waals surface area contributed by atoms with Gasteiger partial charge < -0.3 is 10.4 Å². The third-order valence-corrected chi connectivity index (χ3v) is 2.52. The van der Waals surface area contributed by atoms with Crippen LogP contribution in [0, 0.1) is 5.92 Å². The van der Waals surface area contributed by atoms with Gasteiger partial charge in [-0.25, -0.2) is 0 Å². The lowest BCUT2D eigenvalue weighted by Crippen LogP contribution is -2.26. The van der Waals surface area contributed by atoms with E-state index in [1.807, 2.05) is 13.8 Å². The average Bonchev–Trinajstić information content (AvgIpc) is 2.27. The summed E-state index contributed by atoms with van der Waals surface area (Å²) >= 11 is 0. The Balaban J connectivity index is 2.76. The van der Waals surface area contributed by atoms with Gasteiger partial charge in [-0.2, -0.15) is 13.2 Å². The molecule has 5 heteroatoms. The molecule has 0 heterocycles. The van der Waals surface area contributed by atoms with Crippen molar-refractivity contribution in [3.05, 3.63) is 35.4 Å². The highest BCUT2D eigenvalue weighted by molar-refractivity contribution is 5.31. The van der Waals surface area contributed by atoms with E-state index in [-0.39, 0.29) is 12.1 Å². The number of alkyl halides is 3. The molecule has 0 saturated heterocycles. The van der Waals surface area contributed by atoms with Crippen LogP contribution in [0.5, 0.6) is 0 Å². The smallest absolute Gasteiger partial charge is 0.387 e. The van der Waals surface area contributed by atoms with Crippen LogP contribution in [0.3, 0.4) is 0 Å². The van der Waals surface area contributed by atoms with Crippen LogP contribution in [-0.2, 0) is 6.18 Å². The fraction of sp³-hybridized carbons (Fsp3) is 0.538. The summed E-state index contributed by atoms with van der Waals surface area (Å²) in [6, 6.07) is 5.11. The van der Waals surface area contributed by atoms with Crippen LogP contribution in [0.25, 0.3) is 0 Å². The maximum atomic E-state index is 12.7. The molecule has 1 aromatic rings. The van der Waals surface area contributed by atoms with Crippen LogP contribution < -0.4 is 5.32 Å². The van der Waals surface area contributed by atoms with Crippen LogP contribution in [-0.4, -0.2) is 18.2 Å². The lowest BCUT2D eigenvalue weighted by Gasteiger charge is -2.18. The van der Waals surface area contributed by atoms with E-state index >= 15 is 0 Å². The van der Waals surface area contributed by atoms with E-state index in [2.05, 4.69) is 5.32 Å². The Morgan fingerprint density at radius 3 is 2.33 bits per heavy atom. The summed E-state index contributed by atoms with van der Waals surface area (Å²) in [5.41, 5.74) is -0.856. The van der Waals surface area contributed by atoms with E-state index in [1.54, 1.807) is 0 Å². The molecule has 1 atom stereocenters. The van der Waals surface area contributed by atoms with Crippen molar-refractivity contribution in [2.24, 2.45) is 5.92 Å². The fourth-order valence-electron chi connectivity index (χ4n) is 1.66. The highest BCUT2D eigenvalue weighted by Gasteiger charge is 2.34. The minimum atomic E-state index is -4.43. The number of halogens is 3. The number of benzene rings is 1. The van der Waals surface area contributed by atoms with Crippen LogP contribution in [0.1, 0.15) is 31.1 Å². The van der Waals surface area contributed by atoms with Crippen molar-refractivity contribution in [3.8, 4) is 0 Å². The molecule has 102 valence electrons. The standard InChI is InChI=1S/C13H18F3NO/c1-9(2)7-17-8-12(18)10-5-3-4-6-11(10)13(14,15)16/h3-6,9,12,17-18H,7-8H2,1-2H3. The van der Waals surface area contributed by atoms with Crippen molar-refractivity contribution in [1.82, 2.24) is 5.32 Å². The minimum Gasteiger partial charge on any atom is -0.387 e. The van der Waals surface area contributed by atoms with Crippen molar-refractivity contribution in [1.29, 1.82) is 0 Å². The summed E-state index contributed by atoms with van der Waals surface area (Å²) in [6.07, 6.45) is -5.59. The van der Waals surface area contributed by atoms with Gasteiger partial charge in [0.2, 0.25) is 0 Å². The third-order valence-electron chi connectivity index (χ3n) is 2.52. The van der Waals surface area contributed by atoms with E-state index in [9.17, 15) is 18.3 Å². The number of hydrogen-bond donors (Lipinski definition) is 2. The molecular formula is C13H18F3NO. The molecule has 18 heavy (non-hydrogen) atoms. The third kappa shape index (κ3) is 4.31. The number of aliphatic hydroxyl groups is 1. The molecule has 0 amide bonds. The molecule has 0 aromatic heterocycles. The lowest BCUT2D eigenvalue weighted by atomic mass is 10.0. The van der Waals surface area contributed by atoms with Crippen molar-refractivity contribution < 1.29 is 18.3 Å². The molecule has 0 aliphatic heterocycles. The first-order chi connectivity index (χ1) is 8.32. The second-order valence-electron chi connectivity index (χ2n) is 4.65. The molecule has 0 fully saturated rings. The second-order valence-corrected chi connectivity index (χ2v) is 4.65. The van der Waals surface area contributed by atoms with Gasteiger partial charge in [0.05, 0.1) is 11.7 Å². The monoisotopic (exact) mass is 261 g/mol. The SMILES string of the molecule is CC(C)CNCC(O)c1ccccc1C(F)(F)F. The van der Waals surface area contributed by atoms with Gasteiger partial charge in [-0.05, 0) is 24.1 Å². The summed E-state index contributed by atoms with van der Waals surface area (Å²) in [4.78, 5) is 0. The van der Waals surface area contributed by atoms with Crippen molar-refractivity contribution >= 4 is 0 Å². The van der Waals surface area contributed by atoms with Gasteiger partial charge in [-0.15, -0.1) is 0 Å². The highest BCUT2D eigenvalue weighted by Crippen LogP contribution is 2.34. The van der Waals surface area contributed by atoms with Gasteiger partial charge in [-0.3, -0.25) is 0 Å². The predicted molar refractivity (Wildman–Crippen MR) is 64.1 cm³/mol. The molecule has 0 aliphatic carbocycles. The molecule has 0 bridgehead atoms. The van der Waals surface area contributed by atoms with Gasteiger partial charge in [0.1, 0.15) is 0 Å². The highest BCUT2D eigenvalue weighted by atomic mass is 19.4. The van der Waals surface area contributed by atoms with E-state index in [1.165, 1.54) is 18.2 Å². The zero-order valence-electron chi connectivity index (χ0n) is 10.5. The lowest BCUT2D eigenvalue weighted by molar-refractivity contribution is -0.139. The van der Waals surface area contributed by atoms with Crippen molar-refractivity contribution in [3.63, 3.8) is 0 Å². The van der Waals surface area contributed by atoms with Gasteiger partial charge in [0.25, 0.3) is 0 Å². The molecule has 0 aliphatic rings. The summed E-state index contributed by atoms with van der Waals surface area (Å²) in [5.74, 6) is 0.384. The molecule has 2 N–H and O–H groups in total. The molecule has 0 radical (unpaired) electrons. The Kier molecular flexibility index (Phi) is 5.16. The quantitative estimate of drug-likeness (QED) is 0.854. The number of aliphatic hydroxyl groups excluding tert-OH is 1. The molecular weight excluding hydrogens is 243 g/mol. The zero-order chi connectivity index (χ0) is 13.8. The van der Waals surface area contributed by atoms with Gasteiger partial charge in [0.15, 0.2) is 0 Å². The summed E-state index contributed by atoms with van der Waals surface area (Å²) in [6.45, 7) is 4.75. The van der Waals surface area contributed by atoms with Crippen molar-refractivity contribution in [2.75, 3.05) is 13.1 Å². The first-order valence-corrected chi connectivity index (χ1v) is 5.87. The second kappa shape index (κ2) is 6.20. The van der Waals surface area contributed by atoms with E-state index in [0.717, 1.165) is 6.07 Å². The molecule has 1 rings (SSSR count). The Bertz CT molecular complexity index is 377. The molecule has 0 spiro atoms. The minimum absolute atomic E-state index is 0.0822. The molecule has 1 unspecified atom stereocenters. The Hall–Kier alpha value is -1.07. The predicted octanol–water partition coefficient (Wildman–Crippen LogP) is 2.98. The van der Waals surface area contributed by atoms with Gasteiger partial charge in [0, 0.05) is 6.54 Å². The maximum Gasteiger partial charge on any atom is 0.416 e. The Morgan fingerprint density at radius 2 is 1.78 bits per heavy atom. The van der Waals surface area contributed by atoms with E-state index in [4.69, 9.17) is 0 Å². The van der Waals surface area contributed by atoms with E-state index in [0.29, 0.717) is 12.5 Å². The summed E-state index contributed by atoms with van der Waals surface area (Å²) in [7, 11) is 0. The first kappa shape index (κ1) is 15.0. The fourth-order valence-corrected chi connectivity index (χ4v) is 1.66. The molecule has 2 nitrogen and oxygen atoms in total. The number of nitrogens with one attached hydrogen (secondary N) is 1. The van der Waals surface area contributed by atoms with Crippen LogP contribution >= 0.6 is 0 Å². The zero-order valence-corrected chi connectivity index (χ0v) is 10.5. The number of hydrogen-bond acceptors (Lipinski definition) is 2.